The molecule has 0 aromatic heterocycles. The van der Waals surface area contributed by atoms with Crippen molar-refractivity contribution < 1.29 is 0 Å². The zero-order valence-electron chi connectivity index (χ0n) is 12.8. The third-order valence-electron chi connectivity index (χ3n) is 3.19. The smallest absolute Gasteiger partial charge is 0.00368 e. The molecule has 1 aliphatic heterocycles. The summed E-state index contributed by atoms with van der Waals surface area (Å²) >= 11 is 0. The van der Waals surface area contributed by atoms with Crippen molar-refractivity contribution in [2.24, 2.45) is 0 Å². The van der Waals surface area contributed by atoms with Gasteiger partial charge in [-0.05, 0) is 57.3 Å². The van der Waals surface area contributed by atoms with Gasteiger partial charge in [-0.15, -0.1) is 24.9 Å². The summed E-state index contributed by atoms with van der Waals surface area (Å²) in [6.45, 7) is 9.44. The Morgan fingerprint density at radius 3 is 1.22 bits per heavy atom. The summed E-state index contributed by atoms with van der Waals surface area (Å²) < 4.78 is 0. The van der Waals surface area contributed by atoms with E-state index >= 15 is 0 Å². The number of unbranched alkanes of at least 4 members (excludes halogenated alkanes) is 3. The van der Waals surface area contributed by atoms with E-state index < -0.39 is 0 Å². The molecule has 0 aromatic carbocycles. The lowest BCUT2D eigenvalue weighted by Crippen LogP contribution is -2.29. The first-order chi connectivity index (χ1) is 8.35. The van der Waals surface area contributed by atoms with Crippen molar-refractivity contribution in [1.82, 2.24) is 5.32 Å². The van der Waals surface area contributed by atoms with Crippen molar-refractivity contribution >= 4 is 24.9 Å². The number of nitrogens with one attached hydrogen (secondary N) is 1. The lowest BCUT2D eigenvalue weighted by molar-refractivity contribution is 0.527. The van der Waals surface area contributed by atoms with Crippen LogP contribution in [0.25, 0.3) is 0 Å². The van der Waals surface area contributed by atoms with Gasteiger partial charge in [0, 0.05) is 0 Å². The van der Waals surface area contributed by atoms with Gasteiger partial charge in [0.25, 0.3) is 0 Å². The number of hydrogen-bond donors (Lipinski definition) is 1. The minimum absolute atomic E-state index is 0. The molecular weight excluding hydrogens is 305 g/mol. The number of halogens is 1. The van der Waals surface area contributed by atoms with Crippen LogP contribution in [0.4, 0.5) is 0 Å². The van der Waals surface area contributed by atoms with Gasteiger partial charge < -0.3 is 5.32 Å². The van der Waals surface area contributed by atoms with Crippen LogP contribution in [0.2, 0.25) is 0 Å². The zero-order chi connectivity index (χ0) is 12.8. The average molecular weight is 340 g/mol. The summed E-state index contributed by atoms with van der Waals surface area (Å²) in [5.41, 5.74) is 0. The molecule has 0 radical (unpaired) electrons. The van der Waals surface area contributed by atoms with Gasteiger partial charge in [-0.3, -0.25) is 0 Å². The van der Waals surface area contributed by atoms with E-state index in [0.717, 1.165) is 0 Å². The van der Waals surface area contributed by atoms with Crippen LogP contribution >= 0.6 is 24.9 Å². The second kappa shape index (κ2) is 17.9. The molecule has 0 unspecified atom stereocenters. The van der Waals surface area contributed by atoms with E-state index in [1.807, 2.05) is 0 Å². The molecule has 0 spiro atoms. The minimum Gasteiger partial charge on any atom is -0.317 e. The average Bonchev–Trinajstić information content (AvgIpc) is 2.26. The molecule has 1 aliphatic rings. The van der Waals surface area contributed by atoms with Gasteiger partial charge in [0.2, 0.25) is 0 Å². The maximum atomic E-state index is 3.11. The first-order valence-corrected chi connectivity index (χ1v) is 9.67. The van der Waals surface area contributed by atoms with E-state index in [1.54, 1.807) is 18.5 Å². The molecule has 1 saturated heterocycles. The van der Waals surface area contributed by atoms with Gasteiger partial charge in [0.15, 0.2) is 0 Å². The summed E-state index contributed by atoms with van der Waals surface area (Å²) in [5.74, 6) is 0. The topological polar surface area (TPSA) is 12.0 Å². The molecule has 0 aliphatic carbocycles. The lowest BCUT2D eigenvalue weighted by Gasteiger charge is -2.16. The molecule has 0 amide bonds. The van der Waals surface area contributed by atoms with Crippen molar-refractivity contribution in [3.05, 3.63) is 0 Å². The fourth-order valence-electron chi connectivity index (χ4n) is 1.66. The van der Waals surface area contributed by atoms with Crippen molar-refractivity contribution in [3.8, 4) is 0 Å². The third-order valence-corrected chi connectivity index (χ3v) is 6.04. The highest BCUT2D eigenvalue weighted by Crippen LogP contribution is 2.38. The van der Waals surface area contributed by atoms with Gasteiger partial charge in [-0.25, -0.2) is 0 Å². The Bertz CT molecular complexity index is 117. The van der Waals surface area contributed by atoms with Crippen LogP contribution in [0.15, 0.2) is 0 Å². The monoisotopic (exact) mass is 339 g/mol. The van der Waals surface area contributed by atoms with Crippen LogP contribution in [0.1, 0.15) is 65.7 Å². The SMILES string of the molecule is Br.C1CNC1.CCCCP(CCCC)CCCC. The minimum atomic E-state index is 0. The fraction of sp³-hybridized carbons (Fsp3) is 1.00. The largest absolute Gasteiger partial charge is 0.317 e. The van der Waals surface area contributed by atoms with Crippen LogP contribution in [-0.2, 0) is 0 Å². The number of hydrogen-bond acceptors (Lipinski definition) is 1. The molecule has 112 valence electrons. The Balaban J connectivity index is 0. The predicted octanol–water partition coefficient (Wildman–Crippen LogP) is 5.43. The Kier molecular flexibility index (Phi) is 21.0. The van der Waals surface area contributed by atoms with Gasteiger partial charge in [0.1, 0.15) is 0 Å². The Morgan fingerprint density at radius 2 is 1.06 bits per heavy atom. The van der Waals surface area contributed by atoms with Crippen molar-refractivity contribution in [3.63, 3.8) is 0 Å². The molecule has 0 atom stereocenters. The molecule has 1 N–H and O–H groups in total. The molecule has 0 saturated carbocycles. The van der Waals surface area contributed by atoms with Gasteiger partial charge in [-0.2, -0.15) is 0 Å². The summed E-state index contributed by atoms with van der Waals surface area (Å²) in [6.07, 6.45) is 14.6. The maximum Gasteiger partial charge on any atom is -0.00368 e. The van der Waals surface area contributed by atoms with E-state index in [0.29, 0.717) is 7.92 Å². The Morgan fingerprint density at radius 1 is 0.778 bits per heavy atom. The molecular formula is C15H35BrNP. The summed E-state index contributed by atoms with van der Waals surface area (Å²) in [7, 11) is 0.422. The lowest BCUT2D eigenvalue weighted by atomic mass is 10.3. The second-order valence-corrected chi connectivity index (χ2v) is 7.69. The Labute approximate surface area is 127 Å². The van der Waals surface area contributed by atoms with E-state index in [1.165, 1.54) is 58.0 Å². The quantitative estimate of drug-likeness (QED) is 0.552. The number of rotatable bonds is 9. The van der Waals surface area contributed by atoms with Crippen LogP contribution in [-0.4, -0.2) is 31.6 Å². The van der Waals surface area contributed by atoms with E-state index in [4.69, 9.17) is 0 Å². The molecule has 3 heteroatoms. The second-order valence-electron chi connectivity index (χ2n) is 5.01. The molecule has 1 rings (SSSR count). The highest BCUT2D eigenvalue weighted by Gasteiger charge is 2.05. The summed E-state index contributed by atoms with van der Waals surface area (Å²) in [4.78, 5) is 0. The molecule has 18 heavy (non-hydrogen) atoms. The van der Waals surface area contributed by atoms with E-state index in [2.05, 4.69) is 26.1 Å². The molecule has 1 nitrogen and oxygen atoms in total. The highest BCUT2D eigenvalue weighted by atomic mass is 79.9. The van der Waals surface area contributed by atoms with Gasteiger partial charge >= 0.3 is 0 Å². The predicted molar refractivity (Wildman–Crippen MR) is 94.1 cm³/mol. The van der Waals surface area contributed by atoms with E-state index in [9.17, 15) is 0 Å². The first-order valence-electron chi connectivity index (χ1n) is 7.78. The molecule has 0 bridgehead atoms. The highest BCUT2D eigenvalue weighted by molar-refractivity contribution is 8.93. The Hall–Kier alpha value is 0.870. The first kappa shape index (κ1) is 21.2. The summed E-state index contributed by atoms with van der Waals surface area (Å²) in [6, 6.07) is 0. The summed E-state index contributed by atoms with van der Waals surface area (Å²) in [5, 5.41) is 3.11. The van der Waals surface area contributed by atoms with Crippen LogP contribution in [0.5, 0.6) is 0 Å². The third kappa shape index (κ3) is 14.9. The van der Waals surface area contributed by atoms with Crippen molar-refractivity contribution in [2.45, 2.75) is 65.7 Å². The fourth-order valence-corrected chi connectivity index (χ4v) is 4.62. The van der Waals surface area contributed by atoms with Crippen molar-refractivity contribution in [2.75, 3.05) is 31.6 Å². The molecule has 0 aromatic rings. The standard InChI is InChI=1S/C12H27P.C3H7N.BrH/c1-4-7-10-13(11-8-5-2)12-9-6-3;1-2-4-3-1;/h4-12H2,1-3H3;4H,1-3H2;1H. The zero-order valence-corrected chi connectivity index (χ0v) is 15.4. The van der Waals surface area contributed by atoms with E-state index in [-0.39, 0.29) is 17.0 Å². The van der Waals surface area contributed by atoms with Gasteiger partial charge in [0.05, 0.1) is 0 Å². The molecule has 1 heterocycles. The maximum absolute atomic E-state index is 3.11. The normalized spacial score (nSPS) is 13.3. The van der Waals surface area contributed by atoms with Crippen LogP contribution < -0.4 is 5.32 Å². The van der Waals surface area contributed by atoms with Gasteiger partial charge in [-0.1, -0.05) is 40.0 Å². The molecule has 1 fully saturated rings. The van der Waals surface area contributed by atoms with Crippen LogP contribution in [0.3, 0.4) is 0 Å². The van der Waals surface area contributed by atoms with Crippen molar-refractivity contribution in [1.29, 1.82) is 0 Å². The van der Waals surface area contributed by atoms with Crippen LogP contribution in [0, 0.1) is 0 Å².